The van der Waals surface area contributed by atoms with Crippen LogP contribution >= 0.6 is 0 Å². The molecular weight excluding hydrogens is 368 g/mol. The standard InChI is InChI=1S/C23H28N2O4/c1-27-21-6-4-5-17-15-18(16-29-22(17)21)23(26)24-19-7-9-20(10-8-19)28-14-13-25-11-2-3-12-25/h4-10,18H,2-3,11-16H2,1H3,(H,24,26)/t18-/m0/s1. The van der Waals surface area contributed by atoms with Crippen LogP contribution in [0.2, 0.25) is 0 Å². The number of likely N-dealkylation sites (tertiary alicyclic amines) is 1. The summed E-state index contributed by atoms with van der Waals surface area (Å²) in [5.74, 6) is 2.01. The van der Waals surface area contributed by atoms with Crippen LogP contribution in [-0.4, -0.2) is 50.8 Å². The van der Waals surface area contributed by atoms with E-state index in [0.717, 1.165) is 29.3 Å². The Labute approximate surface area is 171 Å². The van der Waals surface area contributed by atoms with Crippen molar-refractivity contribution in [2.75, 3.05) is 45.3 Å². The van der Waals surface area contributed by atoms with Gasteiger partial charge in [0, 0.05) is 12.2 Å². The Balaban J connectivity index is 1.28. The van der Waals surface area contributed by atoms with Crippen molar-refractivity contribution in [1.82, 2.24) is 4.90 Å². The molecule has 6 nitrogen and oxygen atoms in total. The molecule has 0 radical (unpaired) electrons. The first-order valence-corrected chi connectivity index (χ1v) is 10.3. The number of benzene rings is 2. The number of anilines is 1. The fourth-order valence-corrected chi connectivity index (χ4v) is 3.90. The van der Waals surface area contributed by atoms with Crippen LogP contribution in [0.4, 0.5) is 5.69 Å². The van der Waals surface area contributed by atoms with Crippen molar-refractivity contribution in [2.45, 2.75) is 19.3 Å². The minimum atomic E-state index is -0.231. The summed E-state index contributed by atoms with van der Waals surface area (Å²) < 4.78 is 17.0. The molecule has 0 unspecified atom stereocenters. The van der Waals surface area contributed by atoms with Crippen LogP contribution in [0.15, 0.2) is 42.5 Å². The molecule has 0 spiro atoms. The quantitative estimate of drug-likeness (QED) is 0.778. The summed E-state index contributed by atoms with van der Waals surface area (Å²) >= 11 is 0. The highest BCUT2D eigenvalue weighted by Gasteiger charge is 2.27. The predicted molar refractivity (Wildman–Crippen MR) is 112 cm³/mol. The number of para-hydroxylation sites is 1. The number of hydrogen-bond acceptors (Lipinski definition) is 5. The van der Waals surface area contributed by atoms with Crippen LogP contribution in [0.5, 0.6) is 17.2 Å². The average Bonchev–Trinajstić information content (AvgIpc) is 3.27. The molecule has 29 heavy (non-hydrogen) atoms. The Morgan fingerprint density at radius 1 is 1.17 bits per heavy atom. The van der Waals surface area contributed by atoms with Crippen molar-refractivity contribution in [2.24, 2.45) is 5.92 Å². The van der Waals surface area contributed by atoms with Gasteiger partial charge >= 0.3 is 0 Å². The molecule has 2 heterocycles. The van der Waals surface area contributed by atoms with Crippen LogP contribution in [0.1, 0.15) is 18.4 Å². The van der Waals surface area contributed by atoms with Crippen molar-refractivity contribution in [3.05, 3.63) is 48.0 Å². The number of nitrogens with one attached hydrogen (secondary N) is 1. The van der Waals surface area contributed by atoms with Gasteiger partial charge in [0.15, 0.2) is 11.5 Å². The second kappa shape index (κ2) is 9.18. The topological polar surface area (TPSA) is 60.0 Å². The van der Waals surface area contributed by atoms with E-state index in [1.807, 2.05) is 42.5 Å². The third kappa shape index (κ3) is 4.82. The lowest BCUT2D eigenvalue weighted by Crippen LogP contribution is -2.32. The van der Waals surface area contributed by atoms with E-state index in [2.05, 4.69) is 10.2 Å². The van der Waals surface area contributed by atoms with Crippen molar-refractivity contribution in [3.8, 4) is 17.2 Å². The van der Waals surface area contributed by atoms with Gasteiger partial charge in [-0.25, -0.2) is 0 Å². The van der Waals surface area contributed by atoms with Gasteiger partial charge < -0.3 is 19.5 Å². The van der Waals surface area contributed by atoms with Crippen LogP contribution in [0, 0.1) is 5.92 Å². The lowest BCUT2D eigenvalue weighted by Gasteiger charge is -2.25. The Morgan fingerprint density at radius 2 is 1.97 bits per heavy atom. The molecule has 0 aliphatic carbocycles. The number of hydrogen-bond donors (Lipinski definition) is 1. The van der Waals surface area contributed by atoms with Crippen LogP contribution in [0.3, 0.4) is 0 Å². The second-order valence-electron chi connectivity index (χ2n) is 7.57. The summed E-state index contributed by atoms with van der Waals surface area (Å²) in [5, 5.41) is 2.99. The fraction of sp³-hybridized carbons (Fsp3) is 0.435. The van der Waals surface area contributed by atoms with Crippen molar-refractivity contribution < 1.29 is 19.0 Å². The predicted octanol–water partition coefficient (Wildman–Crippen LogP) is 3.36. The summed E-state index contributed by atoms with van der Waals surface area (Å²) in [6.45, 7) is 4.35. The molecule has 1 fully saturated rings. The lowest BCUT2D eigenvalue weighted by atomic mass is 9.95. The first-order valence-electron chi connectivity index (χ1n) is 10.3. The van der Waals surface area contributed by atoms with Crippen LogP contribution in [-0.2, 0) is 11.2 Å². The number of nitrogens with zero attached hydrogens (tertiary/aromatic N) is 1. The fourth-order valence-electron chi connectivity index (χ4n) is 3.90. The maximum absolute atomic E-state index is 12.7. The molecule has 0 bridgehead atoms. The second-order valence-corrected chi connectivity index (χ2v) is 7.57. The van der Waals surface area contributed by atoms with E-state index in [4.69, 9.17) is 14.2 Å². The number of carbonyl (C=O) groups excluding carboxylic acids is 1. The minimum Gasteiger partial charge on any atom is -0.493 e. The largest absolute Gasteiger partial charge is 0.493 e. The molecule has 2 aromatic carbocycles. The third-order valence-corrected chi connectivity index (χ3v) is 5.54. The van der Waals surface area contributed by atoms with Gasteiger partial charge in [0.2, 0.25) is 5.91 Å². The summed E-state index contributed by atoms with van der Waals surface area (Å²) in [6.07, 6.45) is 3.22. The van der Waals surface area contributed by atoms with Gasteiger partial charge in [-0.15, -0.1) is 0 Å². The van der Waals surface area contributed by atoms with E-state index in [1.54, 1.807) is 7.11 Å². The molecule has 2 aromatic rings. The van der Waals surface area contributed by atoms with Crippen LogP contribution < -0.4 is 19.5 Å². The SMILES string of the molecule is COc1cccc2c1OC[C@@H](C(=O)Nc1ccc(OCCN3CCCC3)cc1)C2. The van der Waals surface area contributed by atoms with E-state index in [-0.39, 0.29) is 11.8 Å². The molecule has 0 saturated carbocycles. The Hall–Kier alpha value is -2.73. The minimum absolute atomic E-state index is 0.0406. The first kappa shape index (κ1) is 19.6. The Morgan fingerprint density at radius 3 is 2.72 bits per heavy atom. The number of ether oxygens (including phenoxy) is 3. The summed E-state index contributed by atoms with van der Waals surface area (Å²) in [7, 11) is 1.62. The summed E-state index contributed by atoms with van der Waals surface area (Å²) in [5.41, 5.74) is 1.76. The Bertz CT molecular complexity index is 831. The molecular formula is C23H28N2O4. The number of fused-ring (bicyclic) bond motifs is 1. The zero-order valence-electron chi connectivity index (χ0n) is 16.9. The molecule has 0 aromatic heterocycles. The maximum atomic E-state index is 12.7. The van der Waals surface area contributed by atoms with E-state index in [0.29, 0.717) is 25.4 Å². The molecule has 1 atom stereocenters. The van der Waals surface area contributed by atoms with Gasteiger partial charge in [0.05, 0.1) is 13.0 Å². The molecule has 1 amide bonds. The summed E-state index contributed by atoms with van der Waals surface area (Å²) in [6, 6.07) is 13.3. The maximum Gasteiger partial charge on any atom is 0.231 e. The van der Waals surface area contributed by atoms with Crippen molar-refractivity contribution in [3.63, 3.8) is 0 Å². The third-order valence-electron chi connectivity index (χ3n) is 5.54. The molecule has 1 saturated heterocycles. The van der Waals surface area contributed by atoms with E-state index < -0.39 is 0 Å². The number of rotatable bonds is 7. The van der Waals surface area contributed by atoms with Gasteiger partial charge in [-0.1, -0.05) is 12.1 Å². The zero-order valence-corrected chi connectivity index (χ0v) is 16.9. The van der Waals surface area contributed by atoms with Crippen LogP contribution in [0.25, 0.3) is 0 Å². The monoisotopic (exact) mass is 396 g/mol. The van der Waals surface area contributed by atoms with Crippen molar-refractivity contribution in [1.29, 1.82) is 0 Å². The number of amides is 1. The molecule has 4 rings (SSSR count). The highest BCUT2D eigenvalue weighted by molar-refractivity contribution is 5.93. The number of methoxy groups -OCH3 is 1. The van der Waals surface area contributed by atoms with E-state index in [9.17, 15) is 4.79 Å². The van der Waals surface area contributed by atoms with Gasteiger partial charge in [-0.2, -0.15) is 0 Å². The molecule has 1 N–H and O–H groups in total. The Kier molecular flexibility index (Phi) is 6.20. The highest BCUT2D eigenvalue weighted by atomic mass is 16.5. The van der Waals surface area contributed by atoms with Gasteiger partial charge in [-0.05, 0) is 68.2 Å². The van der Waals surface area contributed by atoms with Gasteiger partial charge in [0.1, 0.15) is 19.0 Å². The van der Waals surface area contributed by atoms with E-state index >= 15 is 0 Å². The molecule has 6 heteroatoms. The normalized spacial score (nSPS) is 18.6. The molecule has 2 aliphatic rings. The zero-order chi connectivity index (χ0) is 20.1. The average molecular weight is 396 g/mol. The highest BCUT2D eigenvalue weighted by Crippen LogP contribution is 2.36. The molecule has 2 aliphatic heterocycles. The van der Waals surface area contributed by atoms with E-state index in [1.165, 1.54) is 25.9 Å². The number of carbonyl (C=O) groups is 1. The lowest BCUT2D eigenvalue weighted by molar-refractivity contribution is -0.121. The smallest absolute Gasteiger partial charge is 0.231 e. The van der Waals surface area contributed by atoms with Gasteiger partial charge in [0.25, 0.3) is 0 Å². The first-order chi connectivity index (χ1) is 14.2. The molecule has 154 valence electrons. The van der Waals surface area contributed by atoms with Gasteiger partial charge in [-0.3, -0.25) is 9.69 Å². The summed E-state index contributed by atoms with van der Waals surface area (Å²) in [4.78, 5) is 15.1. The van der Waals surface area contributed by atoms with Crippen molar-refractivity contribution >= 4 is 11.6 Å².